The number of tetrazole rings is 1. The first-order valence-electron chi connectivity index (χ1n) is 8.69. The summed E-state index contributed by atoms with van der Waals surface area (Å²) in [4.78, 5) is 27.0. The van der Waals surface area contributed by atoms with Crippen molar-refractivity contribution in [3.05, 3.63) is 81.8 Å². The predicted octanol–water partition coefficient (Wildman–Crippen LogP) is 3.87. The van der Waals surface area contributed by atoms with Crippen molar-refractivity contribution >= 4 is 40.5 Å². The number of aromatic nitrogens is 4. The Morgan fingerprint density at radius 2 is 1.80 bits per heavy atom. The van der Waals surface area contributed by atoms with Gasteiger partial charge in [0, 0.05) is 23.3 Å². The van der Waals surface area contributed by atoms with E-state index in [1.165, 1.54) is 27.2 Å². The molecule has 0 atom stereocenters. The van der Waals surface area contributed by atoms with Crippen molar-refractivity contribution < 1.29 is 14.3 Å². The molecule has 0 N–H and O–H groups in total. The Hall–Kier alpha value is -3.56. The summed E-state index contributed by atoms with van der Waals surface area (Å²) in [5.41, 5.74) is 1.71. The third-order valence-electron chi connectivity index (χ3n) is 4.26. The highest BCUT2D eigenvalue weighted by atomic mass is 35.5. The smallest absolute Gasteiger partial charge is 0.355 e. The van der Waals surface area contributed by atoms with E-state index < -0.39 is 5.97 Å². The molecule has 0 aliphatic rings. The van der Waals surface area contributed by atoms with Crippen LogP contribution < -0.4 is 9.64 Å². The lowest BCUT2D eigenvalue weighted by atomic mass is 10.2. The topological polar surface area (TPSA) is 90.2 Å². The second kappa shape index (κ2) is 8.44. The summed E-state index contributed by atoms with van der Waals surface area (Å²) >= 11 is 7.10. The molecule has 0 aliphatic heterocycles. The number of carbonyl (C=O) groups excluding carboxylic acids is 2. The van der Waals surface area contributed by atoms with Gasteiger partial charge >= 0.3 is 5.97 Å². The molecule has 10 heteroatoms. The number of carbonyl (C=O) groups is 2. The van der Waals surface area contributed by atoms with Crippen molar-refractivity contribution in [3.63, 3.8) is 0 Å². The lowest BCUT2D eigenvalue weighted by Gasteiger charge is -2.17. The third kappa shape index (κ3) is 4.07. The summed E-state index contributed by atoms with van der Waals surface area (Å²) in [5, 5.41) is 13.3. The van der Waals surface area contributed by atoms with Crippen molar-refractivity contribution in [2.45, 2.75) is 0 Å². The second-order valence-electron chi connectivity index (χ2n) is 6.14. The van der Waals surface area contributed by atoms with Crippen LogP contribution in [0.1, 0.15) is 20.0 Å². The molecule has 0 radical (unpaired) electrons. The van der Waals surface area contributed by atoms with E-state index >= 15 is 0 Å². The molecule has 30 heavy (non-hydrogen) atoms. The number of anilines is 1. The lowest BCUT2D eigenvalue weighted by molar-refractivity contribution is 0.0739. The van der Waals surface area contributed by atoms with E-state index in [1.807, 2.05) is 0 Å². The summed E-state index contributed by atoms with van der Waals surface area (Å²) in [5.74, 6) is -0.345. The number of amides is 1. The van der Waals surface area contributed by atoms with Gasteiger partial charge in [-0.25, -0.2) is 4.79 Å². The average Bonchev–Trinajstić information content (AvgIpc) is 3.45. The fraction of sp³-hybridized carbons (Fsp3) is 0.0500. The zero-order valence-electron chi connectivity index (χ0n) is 15.6. The first kappa shape index (κ1) is 19.7. The summed E-state index contributed by atoms with van der Waals surface area (Å²) in [6.07, 6.45) is 1.40. The Morgan fingerprint density at radius 1 is 1.07 bits per heavy atom. The zero-order valence-corrected chi connectivity index (χ0v) is 17.2. The van der Waals surface area contributed by atoms with Gasteiger partial charge in [-0.2, -0.15) is 4.68 Å². The Morgan fingerprint density at radius 3 is 2.47 bits per heavy atom. The van der Waals surface area contributed by atoms with E-state index in [9.17, 15) is 9.59 Å². The molecule has 4 rings (SSSR count). The van der Waals surface area contributed by atoms with Gasteiger partial charge in [-0.1, -0.05) is 11.6 Å². The first-order chi connectivity index (χ1) is 14.5. The number of ether oxygens (including phenoxy) is 1. The normalized spacial score (nSPS) is 10.6. The van der Waals surface area contributed by atoms with Crippen molar-refractivity contribution in [2.24, 2.45) is 0 Å². The molecule has 2 aromatic heterocycles. The number of hydrogen-bond acceptors (Lipinski definition) is 7. The standard InChI is InChI=1S/C20H14ClN5O3S/c1-25(19(27)13-2-4-14(21)5-3-13)15-6-8-16(9-7-15)29-20(28)18-17(10-11-30-18)26-12-22-23-24-26/h2-12H,1H3. The van der Waals surface area contributed by atoms with Crippen molar-refractivity contribution in [3.8, 4) is 11.4 Å². The molecule has 150 valence electrons. The zero-order chi connectivity index (χ0) is 21.1. The maximum Gasteiger partial charge on any atom is 0.355 e. The second-order valence-corrected chi connectivity index (χ2v) is 7.50. The van der Waals surface area contributed by atoms with Crippen molar-refractivity contribution in [1.29, 1.82) is 0 Å². The van der Waals surface area contributed by atoms with Crippen molar-refractivity contribution in [1.82, 2.24) is 20.2 Å². The summed E-state index contributed by atoms with van der Waals surface area (Å²) < 4.78 is 6.86. The number of esters is 1. The maximum absolute atomic E-state index is 12.6. The maximum atomic E-state index is 12.6. The van der Waals surface area contributed by atoms with Crippen LogP contribution in [0.4, 0.5) is 5.69 Å². The summed E-state index contributed by atoms with van der Waals surface area (Å²) in [6, 6.07) is 15.1. The molecular formula is C20H14ClN5O3S. The van der Waals surface area contributed by atoms with Crippen LogP contribution in [0.2, 0.25) is 5.02 Å². The number of benzene rings is 2. The predicted molar refractivity (Wildman–Crippen MR) is 113 cm³/mol. The SMILES string of the molecule is CN(C(=O)c1ccc(Cl)cc1)c1ccc(OC(=O)c2sccc2-n2cnnn2)cc1. The van der Waals surface area contributed by atoms with Gasteiger partial charge in [0.2, 0.25) is 0 Å². The fourth-order valence-electron chi connectivity index (χ4n) is 2.70. The van der Waals surface area contributed by atoms with Crippen LogP contribution in [0, 0.1) is 0 Å². The molecule has 0 aliphatic carbocycles. The minimum absolute atomic E-state index is 0.180. The van der Waals surface area contributed by atoms with Gasteiger partial charge in [0.25, 0.3) is 5.91 Å². The average molecular weight is 440 g/mol. The van der Waals surface area contributed by atoms with E-state index in [2.05, 4.69) is 15.5 Å². The van der Waals surface area contributed by atoms with Gasteiger partial charge in [0.1, 0.15) is 17.0 Å². The number of rotatable bonds is 5. The number of halogens is 1. The monoisotopic (exact) mass is 439 g/mol. The Bertz CT molecular complexity index is 1170. The number of hydrogen-bond donors (Lipinski definition) is 0. The number of thiophene rings is 1. The highest BCUT2D eigenvalue weighted by Crippen LogP contribution is 2.25. The molecule has 0 fully saturated rings. The van der Waals surface area contributed by atoms with E-state index in [1.54, 1.807) is 67.0 Å². The van der Waals surface area contributed by atoms with E-state index in [0.717, 1.165) is 0 Å². The third-order valence-corrected chi connectivity index (χ3v) is 5.39. The highest BCUT2D eigenvalue weighted by Gasteiger charge is 2.18. The van der Waals surface area contributed by atoms with Crippen LogP contribution in [0.25, 0.3) is 5.69 Å². The van der Waals surface area contributed by atoms with Crippen LogP contribution >= 0.6 is 22.9 Å². The van der Waals surface area contributed by atoms with E-state index in [0.29, 0.717) is 32.6 Å². The van der Waals surface area contributed by atoms with Gasteiger partial charge in [-0.15, -0.1) is 16.4 Å². The largest absolute Gasteiger partial charge is 0.422 e. The Balaban J connectivity index is 1.46. The number of nitrogens with zero attached hydrogens (tertiary/aromatic N) is 5. The van der Waals surface area contributed by atoms with Gasteiger partial charge in [-0.05, 0) is 70.4 Å². The quantitative estimate of drug-likeness (QED) is 0.346. The van der Waals surface area contributed by atoms with E-state index in [4.69, 9.17) is 16.3 Å². The Kier molecular flexibility index (Phi) is 5.55. The van der Waals surface area contributed by atoms with Crippen LogP contribution in [0.3, 0.4) is 0 Å². The molecule has 0 saturated carbocycles. The van der Waals surface area contributed by atoms with Crippen LogP contribution in [0.5, 0.6) is 5.75 Å². The van der Waals surface area contributed by atoms with Crippen molar-refractivity contribution in [2.75, 3.05) is 11.9 Å². The molecule has 1 amide bonds. The van der Waals surface area contributed by atoms with E-state index in [-0.39, 0.29) is 5.91 Å². The molecule has 0 saturated heterocycles. The summed E-state index contributed by atoms with van der Waals surface area (Å²) in [6.45, 7) is 0. The fourth-order valence-corrected chi connectivity index (χ4v) is 3.58. The van der Waals surface area contributed by atoms with Crippen LogP contribution in [0.15, 0.2) is 66.3 Å². The molecule has 0 bridgehead atoms. The highest BCUT2D eigenvalue weighted by molar-refractivity contribution is 7.12. The minimum atomic E-state index is -0.520. The lowest BCUT2D eigenvalue weighted by Crippen LogP contribution is -2.26. The molecule has 2 heterocycles. The van der Waals surface area contributed by atoms with Gasteiger partial charge in [0.15, 0.2) is 0 Å². The van der Waals surface area contributed by atoms with Crippen LogP contribution in [-0.2, 0) is 0 Å². The molecule has 8 nitrogen and oxygen atoms in total. The molecule has 0 unspecified atom stereocenters. The Labute approximate surface area is 180 Å². The van der Waals surface area contributed by atoms with Crippen LogP contribution in [-0.4, -0.2) is 39.1 Å². The molecular weight excluding hydrogens is 426 g/mol. The van der Waals surface area contributed by atoms with Gasteiger partial charge in [-0.3, -0.25) is 4.79 Å². The molecule has 0 spiro atoms. The molecule has 4 aromatic rings. The first-order valence-corrected chi connectivity index (χ1v) is 9.95. The summed E-state index contributed by atoms with van der Waals surface area (Å²) in [7, 11) is 1.67. The molecule has 2 aromatic carbocycles. The van der Waals surface area contributed by atoms with Gasteiger partial charge in [0.05, 0.1) is 5.69 Å². The minimum Gasteiger partial charge on any atom is -0.422 e. The van der Waals surface area contributed by atoms with Gasteiger partial charge < -0.3 is 9.64 Å².